The topological polar surface area (TPSA) is 70.4 Å². The van der Waals surface area contributed by atoms with Crippen LogP contribution in [-0.4, -0.2) is 20.9 Å². The molecule has 1 aliphatic heterocycles. The van der Waals surface area contributed by atoms with E-state index in [0.29, 0.717) is 11.1 Å². The SMILES string of the molecule is O=c1[nH]c(/C=C2\C=Nc3c2ccc(Cl)c3F)c(O)n1Cc1cc(F)c(Cl)cc1F. The lowest BCUT2D eigenvalue weighted by molar-refractivity contribution is 0.418. The lowest BCUT2D eigenvalue weighted by Crippen LogP contribution is -2.18. The molecule has 29 heavy (non-hydrogen) atoms. The first-order chi connectivity index (χ1) is 13.8. The number of halogens is 5. The van der Waals surface area contributed by atoms with Gasteiger partial charge in [-0.05, 0) is 24.3 Å². The molecule has 0 amide bonds. The molecule has 0 spiro atoms. The Bertz CT molecular complexity index is 1280. The van der Waals surface area contributed by atoms with Gasteiger partial charge in [-0.15, -0.1) is 0 Å². The number of aromatic nitrogens is 2. The zero-order valence-corrected chi connectivity index (χ0v) is 15.8. The van der Waals surface area contributed by atoms with Gasteiger partial charge in [-0.25, -0.2) is 18.0 Å². The summed E-state index contributed by atoms with van der Waals surface area (Å²) in [6.45, 7) is -0.431. The van der Waals surface area contributed by atoms with E-state index in [4.69, 9.17) is 23.2 Å². The van der Waals surface area contributed by atoms with Crippen LogP contribution in [-0.2, 0) is 6.54 Å². The number of aromatic amines is 1. The maximum absolute atomic E-state index is 14.0. The number of aromatic hydroxyl groups is 1. The number of imidazole rings is 1. The number of hydrogen-bond donors (Lipinski definition) is 2. The van der Waals surface area contributed by atoms with E-state index in [-0.39, 0.29) is 22.0 Å². The van der Waals surface area contributed by atoms with Crippen LogP contribution in [0.25, 0.3) is 11.6 Å². The monoisotopic (exact) mass is 439 g/mol. The number of fused-ring (bicyclic) bond motifs is 1. The van der Waals surface area contributed by atoms with E-state index in [1.54, 1.807) is 6.07 Å². The van der Waals surface area contributed by atoms with E-state index >= 15 is 0 Å². The molecule has 2 N–H and O–H groups in total. The van der Waals surface area contributed by atoms with Crippen molar-refractivity contribution in [1.29, 1.82) is 0 Å². The van der Waals surface area contributed by atoms with Gasteiger partial charge in [0.1, 0.15) is 23.0 Å². The Morgan fingerprint density at radius 3 is 2.66 bits per heavy atom. The predicted molar refractivity (Wildman–Crippen MR) is 105 cm³/mol. The van der Waals surface area contributed by atoms with Crippen LogP contribution in [0.5, 0.6) is 5.88 Å². The number of H-pyrrole nitrogens is 1. The maximum Gasteiger partial charge on any atom is 0.329 e. The minimum atomic E-state index is -0.854. The molecule has 0 atom stereocenters. The van der Waals surface area contributed by atoms with Crippen LogP contribution in [0.4, 0.5) is 18.9 Å². The van der Waals surface area contributed by atoms with Crippen LogP contribution < -0.4 is 5.69 Å². The summed E-state index contributed by atoms with van der Waals surface area (Å²) in [5.74, 6) is -2.87. The fourth-order valence-corrected chi connectivity index (χ4v) is 3.26. The first-order valence-electron chi connectivity index (χ1n) is 8.15. The Hall–Kier alpha value is -2.97. The molecule has 0 aliphatic carbocycles. The van der Waals surface area contributed by atoms with Crippen molar-refractivity contribution in [2.75, 3.05) is 0 Å². The first-order valence-corrected chi connectivity index (χ1v) is 8.91. The summed E-state index contributed by atoms with van der Waals surface area (Å²) >= 11 is 11.3. The van der Waals surface area contributed by atoms with Gasteiger partial charge in [0.25, 0.3) is 0 Å². The number of benzene rings is 2. The van der Waals surface area contributed by atoms with Gasteiger partial charge in [0, 0.05) is 22.9 Å². The predicted octanol–water partition coefficient (Wildman–Crippen LogP) is 4.91. The molecule has 1 aliphatic rings. The quantitative estimate of drug-likeness (QED) is 0.569. The lowest BCUT2D eigenvalue weighted by Gasteiger charge is -2.06. The minimum absolute atomic E-state index is 0.00509. The van der Waals surface area contributed by atoms with Crippen LogP contribution >= 0.6 is 23.2 Å². The van der Waals surface area contributed by atoms with Gasteiger partial charge in [0.15, 0.2) is 5.82 Å². The summed E-state index contributed by atoms with van der Waals surface area (Å²) in [6, 6.07) is 4.55. The normalized spacial score (nSPS) is 14.0. The van der Waals surface area contributed by atoms with Gasteiger partial charge in [-0.3, -0.25) is 9.56 Å². The van der Waals surface area contributed by atoms with Gasteiger partial charge in [-0.2, -0.15) is 0 Å². The summed E-state index contributed by atoms with van der Waals surface area (Å²) in [6.07, 6.45) is 2.74. The Balaban J connectivity index is 1.73. The van der Waals surface area contributed by atoms with Crippen LogP contribution in [0.1, 0.15) is 16.8 Å². The van der Waals surface area contributed by atoms with Gasteiger partial charge in [-0.1, -0.05) is 29.3 Å². The van der Waals surface area contributed by atoms with Crippen molar-refractivity contribution >= 4 is 46.8 Å². The minimum Gasteiger partial charge on any atom is -0.493 e. The Labute approximate surface area is 171 Å². The zero-order chi connectivity index (χ0) is 20.9. The van der Waals surface area contributed by atoms with Gasteiger partial charge in [0.2, 0.25) is 5.88 Å². The molecule has 3 aromatic rings. The number of rotatable bonds is 3. The Morgan fingerprint density at radius 1 is 1.14 bits per heavy atom. The Kier molecular flexibility index (Phi) is 4.76. The molecule has 0 saturated heterocycles. The second kappa shape index (κ2) is 7.13. The molecule has 1 aromatic heterocycles. The molecular weight excluding hydrogens is 430 g/mol. The second-order valence-corrected chi connectivity index (χ2v) is 7.04. The third-order valence-electron chi connectivity index (χ3n) is 4.41. The van der Waals surface area contributed by atoms with Gasteiger partial charge >= 0.3 is 5.69 Å². The third kappa shape index (κ3) is 3.34. The molecule has 5 nitrogen and oxygen atoms in total. The largest absolute Gasteiger partial charge is 0.493 e. The number of nitrogens with zero attached hydrogens (tertiary/aromatic N) is 2. The van der Waals surface area contributed by atoms with Crippen molar-refractivity contribution in [2.45, 2.75) is 6.54 Å². The lowest BCUT2D eigenvalue weighted by atomic mass is 10.1. The summed E-state index contributed by atoms with van der Waals surface area (Å²) in [5, 5.41) is 9.92. The molecule has 4 rings (SSSR count). The highest BCUT2D eigenvalue weighted by Gasteiger charge is 2.21. The summed E-state index contributed by atoms with van der Waals surface area (Å²) in [4.78, 5) is 18.6. The first kappa shape index (κ1) is 19.4. The zero-order valence-electron chi connectivity index (χ0n) is 14.3. The van der Waals surface area contributed by atoms with Crippen molar-refractivity contribution in [3.8, 4) is 5.88 Å². The molecule has 2 heterocycles. The molecule has 2 aromatic carbocycles. The van der Waals surface area contributed by atoms with Crippen molar-refractivity contribution in [2.24, 2.45) is 4.99 Å². The van der Waals surface area contributed by atoms with E-state index in [1.807, 2.05) is 0 Å². The van der Waals surface area contributed by atoms with Crippen LogP contribution in [0.15, 0.2) is 34.1 Å². The average molecular weight is 440 g/mol. The van der Waals surface area contributed by atoms with Crippen molar-refractivity contribution in [3.05, 3.63) is 79.1 Å². The summed E-state index contributed by atoms with van der Waals surface area (Å²) in [7, 11) is 0. The maximum atomic E-state index is 14.0. The van der Waals surface area contributed by atoms with E-state index in [0.717, 1.165) is 16.7 Å². The van der Waals surface area contributed by atoms with Crippen LogP contribution in [0.2, 0.25) is 10.0 Å². The number of hydrogen-bond acceptors (Lipinski definition) is 3. The molecule has 148 valence electrons. The average Bonchev–Trinajstić information content (AvgIpc) is 3.19. The molecule has 0 saturated carbocycles. The second-order valence-electron chi connectivity index (χ2n) is 6.23. The Morgan fingerprint density at radius 2 is 1.90 bits per heavy atom. The molecule has 0 bridgehead atoms. The highest BCUT2D eigenvalue weighted by Crippen LogP contribution is 2.38. The van der Waals surface area contributed by atoms with Crippen molar-refractivity contribution in [1.82, 2.24) is 9.55 Å². The molecule has 10 heteroatoms. The molecule has 0 radical (unpaired) electrons. The van der Waals surface area contributed by atoms with E-state index in [2.05, 4.69) is 9.98 Å². The summed E-state index contributed by atoms with van der Waals surface area (Å²) < 4.78 is 42.5. The molecule has 0 fully saturated rings. The summed E-state index contributed by atoms with van der Waals surface area (Å²) in [5.41, 5.74) is -0.0412. The number of nitrogens with one attached hydrogen (secondary N) is 1. The van der Waals surface area contributed by atoms with E-state index in [1.165, 1.54) is 18.4 Å². The van der Waals surface area contributed by atoms with Gasteiger partial charge in [0.05, 0.1) is 16.6 Å². The highest BCUT2D eigenvalue weighted by molar-refractivity contribution is 6.32. The van der Waals surface area contributed by atoms with E-state index < -0.39 is 40.6 Å². The van der Waals surface area contributed by atoms with E-state index in [9.17, 15) is 23.1 Å². The fourth-order valence-electron chi connectivity index (χ4n) is 2.96. The highest BCUT2D eigenvalue weighted by atomic mass is 35.5. The smallest absolute Gasteiger partial charge is 0.329 e. The van der Waals surface area contributed by atoms with Gasteiger partial charge < -0.3 is 10.1 Å². The van der Waals surface area contributed by atoms with Crippen LogP contribution in [0, 0.1) is 17.5 Å². The fraction of sp³-hybridized carbons (Fsp3) is 0.0526. The molecule has 0 unspecified atom stereocenters. The number of aliphatic imine (C=N–C) groups is 1. The van der Waals surface area contributed by atoms with Crippen molar-refractivity contribution < 1.29 is 18.3 Å². The third-order valence-corrected chi connectivity index (χ3v) is 5.00. The van der Waals surface area contributed by atoms with Crippen LogP contribution in [0.3, 0.4) is 0 Å². The van der Waals surface area contributed by atoms with Crippen molar-refractivity contribution in [3.63, 3.8) is 0 Å². The molecular formula is C19H10Cl2F3N3O2. The standard InChI is InChI=1S/C19H10Cl2F3N3O2/c20-11-2-1-10-8(6-25-17(10)16(11)24)4-15-18(28)27(19(29)26-15)7-9-3-14(23)12(21)5-13(9)22/h1-6,28H,7H2,(H,26,29)/b8-4+. The number of allylic oxidation sites excluding steroid dienone is 1.